The highest BCUT2D eigenvalue weighted by Crippen LogP contribution is 2.43. The molecule has 1 aromatic heterocycles. The van der Waals surface area contributed by atoms with Gasteiger partial charge in [-0.05, 0) is 57.6 Å². The number of sulfonamides is 1. The fourth-order valence-electron chi connectivity index (χ4n) is 6.25. The van der Waals surface area contributed by atoms with Crippen LogP contribution in [-0.4, -0.2) is 83.1 Å². The van der Waals surface area contributed by atoms with Gasteiger partial charge in [0.2, 0.25) is 0 Å². The van der Waals surface area contributed by atoms with Crippen molar-refractivity contribution in [3.63, 3.8) is 0 Å². The summed E-state index contributed by atoms with van der Waals surface area (Å²) in [6, 6.07) is 1.16. The third-order valence-electron chi connectivity index (χ3n) is 9.05. The van der Waals surface area contributed by atoms with Crippen LogP contribution in [0.4, 0.5) is 0 Å². The van der Waals surface area contributed by atoms with Gasteiger partial charge in [0.1, 0.15) is 8.42 Å². The Morgan fingerprint density at radius 2 is 1.92 bits per heavy atom. The highest BCUT2D eigenvalue weighted by atomic mass is 32.3. The predicted octanol–water partition coefficient (Wildman–Crippen LogP) is 5.28. The van der Waals surface area contributed by atoms with E-state index in [1.807, 2.05) is 31.2 Å². The molecule has 1 aliphatic carbocycles. The van der Waals surface area contributed by atoms with Crippen LogP contribution in [0.5, 0.6) is 0 Å². The molecule has 11 nitrogen and oxygen atoms in total. The summed E-state index contributed by atoms with van der Waals surface area (Å²) in [6.45, 7) is 6.29. The van der Waals surface area contributed by atoms with E-state index in [1.54, 1.807) is 14.0 Å². The van der Waals surface area contributed by atoms with Crippen molar-refractivity contribution in [1.29, 1.82) is 0 Å². The van der Waals surface area contributed by atoms with Crippen molar-refractivity contribution < 1.29 is 41.3 Å². The first-order valence-corrected chi connectivity index (χ1v) is 20.9. The predicted molar refractivity (Wildman–Crippen MR) is 189 cm³/mol. The maximum atomic E-state index is 12.8. The molecule has 0 aromatic carbocycles. The molecule has 3 N–H and O–H groups in total. The van der Waals surface area contributed by atoms with Gasteiger partial charge in [-0.3, -0.25) is 4.79 Å². The molecule has 0 saturated heterocycles. The topological polar surface area (TPSA) is 169 Å². The summed E-state index contributed by atoms with van der Waals surface area (Å²) in [7, 11) is -6.02. The number of hydrogen-bond donors (Lipinski definition) is 3. The van der Waals surface area contributed by atoms with Gasteiger partial charge in [0, 0.05) is 50.1 Å². The van der Waals surface area contributed by atoms with Gasteiger partial charge >= 0.3 is 5.97 Å². The molecule has 2 aliphatic rings. The van der Waals surface area contributed by atoms with Crippen LogP contribution in [0.3, 0.4) is 0 Å². The zero-order chi connectivity index (χ0) is 35.3. The van der Waals surface area contributed by atoms with Crippen LogP contribution in [-0.2, 0) is 34.1 Å². The first-order chi connectivity index (χ1) is 22.8. The monoisotopic (exact) mass is 730 g/mol. The number of carbonyl (C=O) groups excluding carboxylic acids is 1. The lowest BCUT2D eigenvalue weighted by Gasteiger charge is -2.27. The zero-order valence-corrected chi connectivity index (χ0v) is 31.1. The molecular weight excluding hydrogens is 677 g/mol. The Hall–Kier alpha value is -1.94. The number of thiophene rings is 1. The summed E-state index contributed by atoms with van der Waals surface area (Å²) in [4.78, 5) is 12.2. The van der Waals surface area contributed by atoms with Crippen molar-refractivity contribution in [2.75, 3.05) is 20.3 Å². The third-order valence-corrected chi connectivity index (χ3v) is 14.7. The number of hydrogen-bond acceptors (Lipinski definition) is 11. The van der Waals surface area contributed by atoms with E-state index in [-0.39, 0.29) is 51.8 Å². The number of methoxy groups -OCH3 is 1. The number of nitrogens with one attached hydrogen (secondary N) is 1. The Labute approximate surface area is 290 Å². The number of nitrogens with zero attached hydrogens (tertiary/aromatic N) is 1. The van der Waals surface area contributed by atoms with Crippen LogP contribution < -0.4 is 5.32 Å². The number of esters is 1. The quantitative estimate of drug-likeness (QED) is 0.0695. The second kappa shape index (κ2) is 19.5. The lowest BCUT2D eigenvalue weighted by molar-refractivity contribution is -0.143. The van der Waals surface area contributed by atoms with E-state index in [4.69, 9.17) is 9.47 Å². The van der Waals surface area contributed by atoms with Gasteiger partial charge in [0.05, 0.1) is 30.2 Å². The smallest absolute Gasteiger partial charge is 0.305 e. The highest BCUT2D eigenvalue weighted by molar-refractivity contribution is 7.96. The summed E-state index contributed by atoms with van der Waals surface area (Å²) in [5.41, 5.74) is 0.470. The number of unbranched alkanes of at least 4 members (excludes halogenated alkanes) is 3. The standard InChI is InChI=1S/C34H54N2O9S3/c1-5-7-10-14-25(44-4)17-18-27-26(30(37)23-31(27)38)15-11-8-9-12-16-32(39)45-20-13-19-36-48(42,43)33-22-28-29(35-6-2)21-24(3)47(40,41)34(28)46-33/h8,11,17-19,22,24-27,29-31,35,37-38H,5-7,9-10,12-16,20-21,23H2,1-4H3/b11-8-,18-17+,36-19?/t24-,25-,26+,27+,29-,30-,31+/m0/s1. The van der Waals surface area contributed by atoms with Crippen molar-refractivity contribution in [3.05, 3.63) is 35.9 Å². The average Bonchev–Trinajstić information content (AvgIpc) is 3.62. The first kappa shape index (κ1) is 40.5. The number of rotatable bonds is 20. The van der Waals surface area contributed by atoms with Gasteiger partial charge in [-0.25, -0.2) is 8.42 Å². The number of aliphatic hydroxyl groups is 2. The number of fused-ring (bicyclic) bond motifs is 1. The molecule has 1 aromatic rings. The van der Waals surface area contributed by atoms with Crippen molar-refractivity contribution in [2.24, 2.45) is 16.2 Å². The fourth-order valence-corrected chi connectivity index (χ4v) is 11.1. The summed E-state index contributed by atoms with van der Waals surface area (Å²) in [6.07, 6.45) is 15.1. The fraction of sp³-hybridized carbons (Fsp3) is 0.706. The van der Waals surface area contributed by atoms with Gasteiger partial charge in [0.25, 0.3) is 10.0 Å². The van der Waals surface area contributed by atoms with E-state index in [9.17, 15) is 31.8 Å². The number of allylic oxidation sites excluding steroid dienone is 2. The van der Waals surface area contributed by atoms with Crippen molar-refractivity contribution in [1.82, 2.24) is 5.32 Å². The Morgan fingerprint density at radius 1 is 1.15 bits per heavy atom. The molecule has 1 saturated carbocycles. The van der Waals surface area contributed by atoms with Crippen LogP contribution in [0.1, 0.15) is 103 Å². The minimum atomic E-state index is -4.10. The van der Waals surface area contributed by atoms with E-state index in [1.165, 1.54) is 12.3 Å². The summed E-state index contributed by atoms with van der Waals surface area (Å²) in [5, 5.41) is 23.7. The van der Waals surface area contributed by atoms with E-state index in [0.717, 1.165) is 37.0 Å². The van der Waals surface area contributed by atoms with Crippen LogP contribution in [0.25, 0.3) is 0 Å². The molecule has 1 fully saturated rings. The zero-order valence-electron chi connectivity index (χ0n) is 28.6. The molecule has 7 atom stereocenters. The van der Waals surface area contributed by atoms with Crippen molar-refractivity contribution in [3.8, 4) is 0 Å². The minimum Gasteiger partial charge on any atom is -0.465 e. The van der Waals surface area contributed by atoms with E-state index < -0.39 is 43.3 Å². The van der Waals surface area contributed by atoms with Gasteiger partial charge in [-0.1, -0.05) is 57.4 Å². The first-order valence-electron chi connectivity index (χ1n) is 17.1. The van der Waals surface area contributed by atoms with Crippen LogP contribution in [0.2, 0.25) is 0 Å². The number of sulfone groups is 1. The molecular formula is C34H54N2O9S3. The molecule has 48 heavy (non-hydrogen) atoms. The number of aliphatic hydroxyl groups excluding tert-OH is 2. The average molecular weight is 731 g/mol. The van der Waals surface area contributed by atoms with Crippen molar-refractivity contribution >= 4 is 43.4 Å². The third kappa shape index (κ3) is 11.3. The maximum Gasteiger partial charge on any atom is 0.305 e. The molecule has 1 aliphatic heterocycles. The van der Waals surface area contributed by atoms with Crippen LogP contribution >= 0.6 is 11.3 Å². The molecule has 14 heteroatoms. The van der Waals surface area contributed by atoms with Crippen molar-refractivity contribution in [2.45, 2.75) is 129 Å². The number of carbonyl (C=O) groups is 1. The second-order valence-corrected chi connectivity index (χ2v) is 18.1. The van der Waals surface area contributed by atoms with Gasteiger partial charge in [0.15, 0.2) is 9.84 Å². The van der Waals surface area contributed by atoms with Crippen LogP contribution in [0, 0.1) is 11.8 Å². The molecule has 0 bridgehead atoms. The molecule has 0 amide bonds. The lowest BCUT2D eigenvalue weighted by Crippen LogP contribution is -2.33. The maximum absolute atomic E-state index is 12.8. The summed E-state index contributed by atoms with van der Waals surface area (Å²) in [5.74, 6) is -0.633. The number of ether oxygens (including phenoxy) is 2. The van der Waals surface area contributed by atoms with E-state index in [0.29, 0.717) is 44.2 Å². The molecule has 0 spiro atoms. The highest BCUT2D eigenvalue weighted by Gasteiger charge is 2.40. The summed E-state index contributed by atoms with van der Waals surface area (Å²) < 4.78 is 65.7. The lowest BCUT2D eigenvalue weighted by atomic mass is 9.89. The second-order valence-electron chi connectivity index (χ2n) is 12.6. The Bertz CT molecular complexity index is 1470. The Balaban J connectivity index is 1.39. The molecule has 0 radical (unpaired) electrons. The normalized spacial score (nSPS) is 26.5. The molecule has 0 unspecified atom stereocenters. The van der Waals surface area contributed by atoms with E-state index in [2.05, 4.69) is 16.6 Å². The Morgan fingerprint density at radius 3 is 2.62 bits per heavy atom. The van der Waals surface area contributed by atoms with Gasteiger partial charge in [-0.15, -0.1) is 11.3 Å². The van der Waals surface area contributed by atoms with E-state index >= 15 is 0 Å². The molecule has 3 rings (SSSR count). The largest absolute Gasteiger partial charge is 0.465 e. The molecule has 2 heterocycles. The molecule has 272 valence electrons. The van der Waals surface area contributed by atoms with Crippen LogP contribution in [0.15, 0.2) is 43.2 Å². The summed E-state index contributed by atoms with van der Waals surface area (Å²) >= 11 is 0.728. The SMILES string of the molecule is CCCCC[C@@H](/C=C/[C@@H]1[C@@H](C/C=C\CCCC(=O)OCCC=NS(=O)(=O)c2cc3c(s2)S(=O)(=O)[C@@H](C)C[C@@H]3NCC)[C@@H](O)C[C@H]1O)OC. The Kier molecular flexibility index (Phi) is 16.4. The van der Waals surface area contributed by atoms with Gasteiger partial charge < -0.3 is 25.0 Å². The van der Waals surface area contributed by atoms with Gasteiger partial charge in [-0.2, -0.15) is 12.8 Å². The minimum absolute atomic E-state index is 0.00187.